The lowest BCUT2D eigenvalue weighted by Crippen LogP contribution is -2.07. The predicted octanol–water partition coefficient (Wildman–Crippen LogP) is 1.28. The molecule has 2 rings (SSSR count). The Morgan fingerprint density at radius 2 is 2.10 bits per heavy atom. The molecule has 0 bridgehead atoms. The number of nitrogens with zero attached hydrogens (tertiary/aromatic N) is 3. The van der Waals surface area contributed by atoms with Crippen molar-refractivity contribution in [1.82, 2.24) is 15.0 Å². The average Bonchev–Trinajstić information content (AvgIpc) is 2.53. The molecule has 0 radical (unpaired) electrons. The minimum Gasteiger partial charge on any atom is -0.481 e. The van der Waals surface area contributed by atoms with Gasteiger partial charge in [0, 0.05) is 18.8 Å². The quantitative estimate of drug-likeness (QED) is 0.822. The second kappa shape index (κ2) is 6.46. The first-order valence-corrected chi connectivity index (χ1v) is 5.86. The van der Waals surface area contributed by atoms with Gasteiger partial charge in [0.25, 0.3) is 0 Å². The molecule has 0 amide bonds. The lowest BCUT2D eigenvalue weighted by Gasteiger charge is -2.06. The molecule has 0 aliphatic carbocycles. The van der Waals surface area contributed by atoms with Crippen molar-refractivity contribution in [3.05, 3.63) is 42.0 Å². The molecular weight excluding hydrogens is 260 g/mol. The van der Waals surface area contributed by atoms with Crippen LogP contribution in [-0.4, -0.2) is 35.1 Å². The Bertz CT molecular complexity index is 586. The number of hydrogen-bond acceptors (Lipinski definition) is 7. The van der Waals surface area contributed by atoms with Gasteiger partial charge in [0.15, 0.2) is 5.69 Å². The molecule has 0 aliphatic rings. The Morgan fingerprint density at radius 3 is 2.75 bits per heavy atom. The molecule has 7 nitrogen and oxygen atoms in total. The van der Waals surface area contributed by atoms with Crippen LogP contribution in [0.5, 0.6) is 5.88 Å². The summed E-state index contributed by atoms with van der Waals surface area (Å²) in [6, 6.07) is 3.69. The molecule has 0 atom stereocenters. The van der Waals surface area contributed by atoms with Crippen molar-refractivity contribution in [2.75, 3.05) is 19.5 Å². The van der Waals surface area contributed by atoms with Gasteiger partial charge in [-0.3, -0.25) is 0 Å². The smallest absolute Gasteiger partial charge is 0.358 e. The third kappa shape index (κ3) is 3.41. The van der Waals surface area contributed by atoms with Crippen LogP contribution in [-0.2, 0) is 11.3 Å². The zero-order valence-corrected chi connectivity index (χ0v) is 11.2. The van der Waals surface area contributed by atoms with Crippen molar-refractivity contribution in [2.24, 2.45) is 0 Å². The van der Waals surface area contributed by atoms with Crippen LogP contribution in [0.2, 0.25) is 0 Å². The van der Waals surface area contributed by atoms with Crippen LogP contribution in [0, 0.1) is 0 Å². The topological polar surface area (TPSA) is 86.2 Å². The molecule has 1 N–H and O–H groups in total. The van der Waals surface area contributed by atoms with Crippen LogP contribution in [0.3, 0.4) is 0 Å². The first kappa shape index (κ1) is 13.7. The van der Waals surface area contributed by atoms with Gasteiger partial charge in [0.1, 0.15) is 5.82 Å². The fourth-order valence-electron chi connectivity index (χ4n) is 1.49. The van der Waals surface area contributed by atoms with Crippen molar-refractivity contribution >= 4 is 11.8 Å². The monoisotopic (exact) mass is 274 g/mol. The van der Waals surface area contributed by atoms with Crippen molar-refractivity contribution in [3.8, 4) is 5.88 Å². The van der Waals surface area contributed by atoms with Crippen LogP contribution in [0.25, 0.3) is 0 Å². The zero-order valence-electron chi connectivity index (χ0n) is 11.2. The number of rotatable bonds is 5. The number of hydrogen-bond donors (Lipinski definition) is 1. The predicted molar refractivity (Wildman–Crippen MR) is 71.5 cm³/mol. The third-order valence-corrected chi connectivity index (χ3v) is 2.53. The lowest BCUT2D eigenvalue weighted by molar-refractivity contribution is 0.0593. The number of methoxy groups -OCH3 is 2. The Hall–Kier alpha value is -2.70. The molecule has 0 fully saturated rings. The molecule has 0 saturated heterocycles. The first-order valence-electron chi connectivity index (χ1n) is 5.86. The summed E-state index contributed by atoms with van der Waals surface area (Å²) in [6.45, 7) is 0.547. The minimum absolute atomic E-state index is 0.170. The van der Waals surface area contributed by atoms with E-state index < -0.39 is 5.97 Å². The normalized spacial score (nSPS) is 9.90. The van der Waals surface area contributed by atoms with Gasteiger partial charge in [-0.15, -0.1) is 0 Å². The van der Waals surface area contributed by atoms with E-state index >= 15 is 0 Å². The van der Waals surface area contributed by atoms with Crippen molar-refractivity contribution in [2.45, 2.75) is 6.54 Å². The maximum atomic E-state index is 11.2. The fourth-order valence-corrected chi connectivity index (χ4v) is 1.49. The molecule has 2 aromatic heterocycles. The number of pyridine rings is 1. The molecule has 2 heterocycles. The van der Waals surface area contributed by atoms with E-state index in [1.165, 1.54) is 19.5 Å². The summed E-state index contributed by atoms with van der Waals surface area (Å²) in [7, 11) is 2.86. The maximum Gasteiger partial charge on any atom is 0.358 e. The highest BCUT2D eigenvalue weighted by atomic mass is 16.5. The number of aromatic nitrogens is 3. The Balaban J connectivity index is 1.98. The van der Waals surface area contributed by atoms with E-state index in [1.807, 2.05) is 12.1 Å². The summed E-state index contributed by atoms with van der Waals surface area (Å²) in [5, 5.41) is 3.09. The van der Waals surface area contributed by atoms with E-state index in [4.69, 9.17) is 4.74 Å². The summed E-state index contributed by atoms with van der Waals surface area (Å²) >= 11 is 0. The van der Waals surface area contributed by atoms with Crippen molar-refractivity contribution in [1.29, 1.82) is 0 Å². The third-order valence-electron chi connectivity index (χ3n) is 2.53. The molecule has 0 aliphatic heterocycles. The largest absolute Gasteiger partial charge is 0.481 e. The van der Waals surface area contributed by atoms with E-state index in [-0.39, 0.29) is 5.69 Å². The van der Waals surface area contributed by atoms with E-state index in [1.54, 1.807) is 13.3 Å². The number of carbonyl (C=O) groups is 1. The van der Waals surface area contributed by atoms with Crippen LogP contribution < -0.4 is 10.1 Å². The molecule has 20 heavy (non-hydrogen) atoms. The average molecular weight is 274 g/mol. The van der Waals surface area contributed by atoms with Crippen molar-refractivity contribution < 1.29 is 14.3 Å². The Kier molecular flexibility index (Phi) is 4.43. The van der Waals surface area contributed by atoms with Gasteiger partial charge in [-0.25, -0.2) is 19.7 Å². The number of esters is 1. The summed E-state index contributed by atoms with van der Waals surface area (Å²) in [5.41, 5.74) is 1.17. The number of carbonyl (C=O) groups excluding carboxylic acids is 1. The highest BCUT2D eigenvalue weighted by molar-refractivity contribution is 5.86. The SMILES string of the molecule is COC(=O)c1cnc(NCc2ccnc(OC)c2)cn1. The number of anilines is 1. The highest BCUT2D eigenvalue weighted by Gasteiger charge is 2.07. The summed E-state index contributed by atoms with van der Waals surface area (Å²) in [5.74, 6) is 0.604. The molecule has 7 heteroatoms. The van der Waals surface area contributed by atoms with E-state index in [9.17, 15) is 4.79 Å². The van der Waals surface area contributed by atoms with Gasteiger partial charge < -0.3 is 14.8 Å². The first-order chi connectivity index (χ1) is 9.72. The fraction of sp³-hybridized carbons (Fsp3) is 0.231. The van der Waals surface area contributed by atoms with E-state index in [2.05, 4.69) is 25.0 Å². The number of ether oxygens (including phenoxy) is 2. The van der Waals surface area contributed by atoms with Gasteiger partial charge in [-0.2, -0.15) is 0 Å². The zero-order chi connectivity index (χ0) is 14.4. The number of nitrogens with one attached hydrogen (secondary N) is 1. The van der Waals surface area contributed by atoms with Crippen LogP contribution in [0.15, 0.2) is 30.7 Å². The molecule has 0 unspecified atom stereocenters. The van der Waals surface area contributed by atoms with E-state index in [0.29, 0.717) is 18.2 Å². The molecule has 0 saturated carbocycles. The second-order valence-electron chi connectivity index (χ2n) is 3.84. The standard InChI is InChI=1S/C13H14N4O3/c1-19-12-5-9(3-4-14-12)6-16-11-8-15-10(7-17-11)13(18)20-2/h3-5,7-8H,6H2,1-2H3,(H,16,17). The van der Waals surface area contributed by atoms with Crippen LogP contribution in [0.1, 0.15) is 16.1 Å². The van der Waals surface area contributed by atoms with Gasteiger partial charge >= 0.3 is 5.97 Å². The summed E-state index contributed by atoms with van der Waals surface area (Å²) < 4.78 is 9.59. The molecular formula is C13H14N4O3. The molecule has 104 valence electrons. The van der Waals surface area contributed by atoms with E-state index in [0.717, 1.165) is 5.56 Å². The van der Waals surface area contributed by atoms with Gasteiger partial charge in [0.2, 0.25) is 5.88 Å². The Morgan fingerprint density at radius 1 is 1.25 bits per heavy atom. The molecule has 2 aromatic rings. The minimum atomic E-state index is -0.511. The second-order valence-corrected chi connectivity index (χ2v) is 3.84. The van der Waals surface area contributed by atoms with Gasteiger partial charge in [-0.05, 0) is 11.6 Å². The van der Waals surface area contributed by atoms with Gasteiger partial charge in [-0.1, -0.05) is 0 Å². The van der Waals surface area contributed by atoms with Gasteiger partial charge in [0.05, 0.1) is 26.6 Å². The highest BCUT2D eigenvalue weighted by Crippen LogP contribution is 2.10. The molecule has 0 aromatic carbocycles. The van der Waals surface area contributed by atoms with Crippen LogP contribution >= 0.6 is 0 Å². The maximum absolute atomic E-state index is 11.2. The summed E-state index contributed by atoms with van der Waals surface area (Å²) in [4.78, 5) is 23.3. The molecule has 0 spiro atoms. The van der Waals surface area contributed by atoms with Crippen molar-refractivity contribution in [3.63, 3.8) is 0 Å². The van der Waals surface area contributed by atoms with Crippen LogP contribution in [0.4, 0.5) is 5.82 Å². The summed E-state index contributed by atoms with van der Waals surface area (Å²) in [6.07, 6.45) is 4.51. The Labute approximate surface area is 116 Å². The lowest BCUT2D eigenvalue weighted by atomic mass is 10.2.